The third-order valence-corrected chi connectivity index (χ3v) is 6.45. The van der Waals surface area contributed by atoms with Crippen molar-refractivity contribution in [2.75, 3.05) is 31.1 Å². The maximum absolute atomic E-state index is 12.8. The number of ether oxygens (including phenoxy) is 2. The molecule has 1 atom stereocenters. The molecule has 206 valence electrons. The number of amides is 2. The first kappa shape index (κ1) is 27.5. The highest BCUT2D eigenvalue weighted by atomic mass is 19.4. The molecule has 3 heterocycles. The summed E-state index contributed by atoms with van der Waals surface area (Å²) < 4.78 is 49.8. The fraction of sp³-hybridized carbons (Fsp3) is 0.519. The molecule has 2 aromatic rings. The van der Waals surface area contributed by atoms with Gasteiger partial charge in [0, 0.05) is 50.7 Å². The maximum Gasteiger partial charge on any atom is 0.416 e. The second-order valence-corrected chi connectivity index (χ2v) is 10.6. The van der Waals surface area contributed by atoms with E-state index in [1.165, 1.54) is 18.3 Å². The van der Waals surface area contributed by atoms with E-state index in [1.54, 1.807) is 17.0 Å². The van der Waals surface area contributed by atoms with Gasteiger partial charge in [0.15, 0.2) is 0 Å². The Labute approximate surface area is 220 Å². The largest absolute Gasteiger partial charge is 0.489 e. The molecule has 0 radical (unpaired) electrons. The monoisotopic (exact) mass is 534 g/mol. The summed E-state index contributed by atoms with van der Waals surface area (Å²) in [5, 5.41) is 2.92. The van der Waals surface area contributed by atoms with Gasteiger partial charge < -0.3 is 24.6 Å². The molecule has 2 aliphatic rings. The van der Waals surface area contributed by atoms with Crippen molar-refractivity contribution < 1.29 is 32.2 Å². The normalized spacial score (nSPS) is 18.8. The summed E-state index contributed by atoms with van der Waals surface area (Å²) >= 11 is 0. The molecule has 2 fully saturated rings. The van der Waals surface area contributed by atoms with E-state index in [2.05, 4.69) is 10.3 Å². The molecule has 1 N–H and O–H groups in total. The van der Waals surface area contributed by atoms with E-state index in [1.807, 2.05) is 25.7 Å². The molecular formula is C27H33F3N4O4. The standard InChI is InChI=1S/C27H33F3N4O4/c1-26(2,3)38-25(36)34-13-10-19(17-34)32-24(35)23-9-8-22(16-31-23)37-21-11-14-33(15-12-21)20-6-4-18(5-7-20)27(28,29)30/h4-9,16,19,21H,10-15,17H2,1-3H3,(H,32,35)/t19-/m1/s1. The van der Waals surface area contributed by atoms with Crippen LogP contribution in [0.4, 0.5) is 23.7 Å². The molecule has 8 nitrogen and oxygen atoms in total. The number of benzene rings is 1. The van der Waals surface area contributed by atoms with E-state index in [-0.39, 0.29) is 29.8 Å². The first-order valence-corrected chi connectivity index (χ1v) is 12.7. The van der Waals surface area contributed by atoms with Crippen LogP contribution in [0.15, 0.2) is 42.6 Å². The zero-order valence-corrected chi connectivity index (χ0v) is 21.8. The van der Waals surface area contributed by atoms with E-state index < -0.39 is 17.3 Å². The smallest absolute Gasteiger partial charge is 0.416 e. The van der Waals surface area contributed by atoms with Crippen LogP contribution in [0.3, 0.4) is 0 Å². The lowest BCUT2D eigenvalue weighted by Crippen LogP contribution is -2.40. The van der Waals surface area contributed by atoms with Gasteiger partial charge in [-0.3, -0.25) is 4.79 Å². The van der Waals surface area contributed by atoms with Crippen LogP contribution in [-0.4, -0.2) is 65.8 Å². The average molecular weight is 535 g/mol. The highest BCUT2D eigenvalue weighted by Gasteiger charge is 2.32. The van der Waals surface area contributed by atoms with Gasteiger partial charge in [0.25, 0.3) is 5.91 Å². The minimum atomic E-state index is -4.34. The number of halogens is 3. The third-order valence-electron chi connectivity index (χ3n) is 6.45. The predicted molar refractivity (Wildman–Crippen MR) is 135 cm³/mol. The minimum Gasteiger partial charge on any atom is -0.489 e. The van der Waals surface area contributed by atoms with Crippen molar-refractivity contribution in [3.63, 3.8) is 0 Å². The molecule has 1 aromatic heterocycles. The Bertz CT molecular complexity index is 1110. The number of piperidine rings is 1. The number of carbonyl (C=O) groups is 2. The Balaban J connectivity index is 1.22. The summed E-state index contributed by atoms with van der Waals surface area (Å²) in [6, 6.07) is 8.32. The highest BCUT2D eigenvalue weighted by molar-refractivity contribution is 5.92. The summed E-state index contributed by atoms with van der Waals surface area (Å²) in [6.45, 7) is 7.64. The molecule has 2 saturated heterocycles. The fourth-order valence-corrected chi connectivity index (χ4v) is 4.50. The number of nitrogens with one attached hydrogen (secondary N) is 1. The van der Waals surface area contributed by atoms with Crippen LogP contribution in [0.5, 0.6) is 5.75 Å². The summed E-state index contributed by atoms with van der Waals surface area (Å²) in [5.74, 6) is 0.226. The van der Waals surface area contributed by atoms with Crippen molar-refractivity contribution in [1.82, 2.24) is 15.2 Å². The van der Waals surface area contributed by atoms with Gasteiger partial charge in [-0.05, 0) is 63.6 Å². The quantitative estimate of drug-likeness (QED) is 0.588. The van der Waals surface area contributed by atoms with Crippen molar-refractivity contribution in [3.05, 3.63) is 53.9 Å². The molecule has 38 heavy (non-hydrogen) atoms. The van der Waals surface area contributed by atoms with Gasteiger partial charge in [0.1, 0.15) is 23.1 Å². The van der Waals surface area contributed by atoms with Gasteiger partial charge >= 0.3 is 12.3 Å². The number of alkyl halides is 3. The van der Waals surface area contributed by atoms with Crippen molar-refractivity contribution in [2.45, 2.75) is 64.0 Å². The number of rotatable bonds is 5. The van der Waals surface area contributed by atoms with Crippen molar-refractivity contribution >= 4 is 17.7 Å². The summed E-state index contributed by atoms with van der Waals surface area (Å²) in [4.78, 5) is 32.7. The minimum absolute atomic E-state index is 0.0560. The van der Waals surface area contributed by atoms with Crippen molar-refractivity contribution in [3.8, 4) is 5.75 Å². The van der Waals surface area contributed by atoms with Crippen LogP contribution in [0.2, 0.25) is 0 Å². The molecule has 0 aliphatic carbocycles. The molecule has 11 heteroatoms. The lowest BCUT2D eigenvalue weighted by Gasteiger charge is -2.33. The van der Waals surface area contributed by atoms with Gasteiger partial charge in [0.2, 0.25) is 0 Å². The molecule has 0 unspecified atom stereocenters. The number of carbonyl (C=O) groups excluding carboxylic acids is 2. The highest BCUT2D eigenvalue weighted by Crippen LogP contribution is 2.31. The van der Waals surface area contributed by atoms with E-state index >= 15 is 0 Å². The van der Waals surface area contributed by atoms with E-state index in [9.17, 15) is 22.8 Å². The Hall–Kier alpha value is -3.50. The number of hydrogen-bond acceptors (Lipinski definition) is 6. The first-order valence-electron chi connectivity index (χ1n) is 12.7. The summed E-state index contributed by atoms with van der Waals surface area (Å²) in [7, 11) is 0. The second kappa shape index (κ2) is 11.1. The van der Waals surface area contributed by atoms with Gasteiger partial charge in [-0.15, -0.1) is 0 Å². The number of aromatic nitrogens is 1. The molecule has 2 amide bonds. The SMILES string of the molecule is CC(C)(C)OC(=O)N1CC[C@@H](NC(=O)c2ccc(OC3CCN(c4ccc(C(F)(F)F)cc4)CC3)cn2)C1. The van der Waals surface area contributed by atoms with E-state index in [0.717, 1.165) is 17.8 Å². The number of pyridine rings is 1. The Morgan fingerprint density at radius 3 is 2.24 bits per heavy atom. The lowest BCUT2D eigenvalue weighted by molar-refractivity contribution is -0.137. The van der Waals surface area contributed by atoms with Crippen LogP contribution in [0, 0.1) is 0 Å². The second-order valence-electron chi connectivity index (χ2n) is 10.6. The zero-order valence-electron chi connectivity index (χ0n) is 21.8. The Kier molecular flexibility index (Phi) is 8.03. The number of likely N-dealkylation sites (tertiary alicyclic amines) is 1. The number of nitrogens with zero attached hydrogens (tertiary/aromatic N) is 3. The Morgan fingerprint density at radius 2 is 1.66 bits per heavy atom. The van der Waals surface area contributed by atoms with Crippen LogP contribution in [-0.2, 0) is 10.9 Å². The summed E-state index contributed by atoms with van der Waals surface area (Å²) in [5.41, 5.74) is -0.222. The van der Waals surface area contributed by atoms with Crippen molar-refractivity contribution in [1.29, 1.82) is 0 Å². The number of anilines is 1. The molecule has 0 saturated carbocycles. The zero-order chi connectivity index (χ0) is 27.5. The molecule has 0 bridgehead atoms. The van der Waals surface area contributed by atoms with Crippen molar-refractivity contribution in [2.24, 2.45) is 0 Å². The maximum atomic E-state index is 12.8. The third kappa shape index (κ3) is 7.29. The first-order chi connectivity index (χ1) is 17.9. The van der Waals surface area contributed by atoms with Crippen LogP contribution in [0.25, 0.3) is 0 Å². The molecular weight excluding hydrogens is 501 g/mol. The Morgan fingerprint density at radius 1 is 0.974 bits per heavy atom. The summed E-state index contributed by atoms with van der Waals surface area (Å²) in [6.07, 6.45) is -1.23. The van der Waals surface area contributed by atoms with Gasteiger partial charge in [-0.25, -0.2) is 9.78 Å². The van der Waals surface area contributed by atoms with Gasteiger partial charge in [0.05, 0.1) is 11.8 Å². The average Bonchev–Trinajstić information content (AvgIpc) is 3.32. The van der Waals surface area contributed by atoms with Crippen LogP contribution < -0.4 is 15.0 Å². The van der Waals surface area contributed by atoms with E-state index in [4.69, 9.17) is 9.47 Å². The fourth-order valence-electron chi connectivity index (χ4n) is 4.50. The molecule has 0 spiro atoms. The van der Waals surface area contributed by atoms with Gasteiger partial charge in [-0.2, -0.15) is 13.2 Å². The predicted octanol–water partition coefficient (Wildman–Crippen LogP) is 4.89. The molecule has 2 aliphatic heterocycles. The lowest BCUT2D eigenvalue weighted by atomic mass is 10.1. The molecule has 4 rings (SSSR count). The number of hydrogen-bond donors (Lipinski definition) is 1. The van der Waals surface area contributed by atoms with Crippen LogP contribution in [0.1, 0.15) is 56.1 Å². The van der Waals surface area contributed by atoms with Gasteiger partial charge in [-0.1, -0.05) is 0 Å². The van der Waals surface area contributed by atoms with E-state index in [0.29, 0.717) is 51.2 Å². The topological polar surface area (TPSA) is 84.0 Å². The molecule has 1 aromatic carbocycles. The van der Waals surface area contributed by atoms with Crippen LogP contribution >= 0.6 is 0 Å².